The summed E-state index contributed by atoms with van der Waals surface area (Å²) in [6.07, 6.45) is 0. The van der Waals surface area contributed by atoms with E-state index in [2.05, 4.69) is 20.9 Å². The molecule has 7 heteroatoms. The number of carbonyl (C=O) groups is 1. The Morgan fingerprint density at radius 1 is 1.44 bits per heavy atom. The van der Waals surface area contributed by atoms with Gasteiger partial charge in [-0.05, 0) is 12.1 Å². The number of anilines is 1. The maximum Gasteiger partial charge on any atom is 0.253 e. The Hall–Kier alpha value is -2.41. The molecule has 0 unspecified atom stereocenters. The van der Waals surface area contributed by atoms with Crippen LogP contribution in [0.5, 0.6) is 0 Å². The van der Waals surface area contributed by atoms with Crippen molar-refractivity contribution in [1.29, 1.82) is 0 Å². The summed E-state index contributed by atoms with van der Waals surface area (Å²) in [6.45, 7) is 1.89. The third-order valence-electron chi connectivity index (χ3n) is 2.30. The van der Waals surface area contributed by atoms with E-state index in [0.717, 1.165) is 0 Å². The number of nitrogens with zero attached hydrogens (tertiary/aromatic N) is 2. The molecule has 0 fully saturated rings. The summed E-state index contributed by atoms with van der Waals surface area (Å²) >= 11 is 0. The van der Waals surface area contributed by atoms with E-state index in [1.807, 2.05) is 0 Å². The first-order valence-corrected chi connectivity index (χ1v) is 5.33. The van der Waals surface area contributed by atoms with Crippen LogP contribution < -0.4 is 16.6 Å². The first-order valence-electron chi connectivity index (χ1n) is 5.33. The molecule has 7 nitrogen and oxygen atoms in total. The molecule has 0 aliphatic rings. The number of nitrogen functional groups attached to an aromatic ring is 1. The molecule has 0 aliphatic carbocycles. The number of aryl methyl sites for hydroxylation is 1. The van der Waals surface area contributed by atoms with Gasteiger partial charge in [0.05, 0.1) is 17.8 Å². The van der Waals surface area contributed by atoms with Crippen LogP contribution in [0, 0.1) is 6.92 Å². The van der Waals surface area contributed by atoms with E-state index < -0.39 is 0 Å². The molecular formula is C11H13N5O2. The minimum absolute atomic E-state index is 0.203. The van der Waals surface area contributed by atoms with Crippen LogP contribution in [0.3, 0.4) is 0 Å². The van der Waals surface area contributed by atoms with Crippen molar-refractivity contribution in [2.75, 3.05) is 5.43 Å². The Labute approximate surface area is 103 Å². The second-order valence-electron chi connectivity index (χ2n) is 3.60. The predicted octanol–water partition coefficient (Wildman–Crippen LogP) is 0.594. The van der Waals surface area contributed by atoms with E-state index in [1.54, 1.807) is 31.2 Å². The monoisotopic (exact) mass is 247 g/mol. The molecule has 0 saturated heterocycles. The summed E-state index contributed by atoms with van der Waals surface area (Å²) in [5.74, 6) is 5.96. The van der Waals surface area contributed by atoms with Gasteiger partial charge < -0.3 is 15.3 Å². The molecule has 0 aliphatic heterocycles. The minimum atomic E-state index is -0.258. The molecule has 0 atom stereocenters. The van der Waals surface area contributed by atoms with Gasteiger partial charge >= 0.3 is 0 Å². The lowest BCUT2D eigenvalue weighted by atomic mass is 10.1. The Balaban J connectivity index is 2.03. The highest BCUT2D eigenvalue weighted by molar-refractivity contribution is 5.99. The number of hydrogen-bond donors (Lipinski definition) is 3. The van der Waals surface area contributed by atoms with Gasteiger partial charge in [-0.15, -0.1) is 0 Å². The molecular weight excluding hydrogens is 234 g/mol. The summed E-state index contributed by atoms with van der Waals surface area (Å²) in [6, 6.07) is 6.93. The molecule has 1 aromatic heterocycles. The number of nitrogens with two attached hydrogens (primary N) is 1. The third-order valence-corrected chi connectivity index (χ3v) is 2.30. The van der Waals surface area contributed by atoms with Crippen molar-refractivity contribution in [3.05, 3.63) is 41.5 Å². The van der Waals surface area contributed by atoms with E-state index in [4.69, 9.17) is 10.4 Å². The van der Waals surface area contributed by atoms with Gasteiger partial charge in [-0.25, -0.2) is 0 Å². The number of amides is 1. The lowest BCUT2D eigenvalue weighted by molar-refractivity contribution is 0.0950. The maximum absolute atomic E-state index is 11.9. The molecule has 1 heterocycles. The maximum atomic E-state index is 11.9. The number of hydrogen-bond acceptors (Lipinski definition) is 6. The highest BCUT2D eigenvalue weighted by Gasteiger charge is 2.11. The molecule has 0 spiro atoms. The molecule has 0 radical (unpaired) electrons. The van der Waals surface area contributed by atoms with Crippen LogP contribution in [-0.4, -0.2) is 16.0 Å². The van der Waals surface area contributed by atoms with Crippen LogP contribution in [0.4, 0.5) is 5.69 Å². The molecule has 2 rings (SSSR count). The first-order chi connectivity index (χ1) is 8.70. The normalized spacial score (nSPS) is 10.1. The fraction of sp³-hybridized carbons (Fsp3) is 0.182. The van der Waals surface area contributed by atoms with Crippen LogP contribution in [0.1, 0.15) is 22.1 Å². The molecule has 1 amide bonds. The molecule has 94 valence electrons. The number of benzene rings is 1. The van der Waals surface area contributed by atoms with E-state index in [1.165, 1.54) is 0 Å². The van der Waals surface area contributed by atoms with Gasteiger partial charge in [0.1, 0.15) is 0 Å². The molecule has 0 bridgehead atoms. The second-order valence-corrected chi connectivity index (χ2v) is 3.60. The average molecular weight is 247 g/mol. The van der Waals surface area contributed by atoms with Crippen molar-refractivity contribution in [2.24, 2.45) is 5.84 Å². The summed E-state index contributed by atoms with van der Waals surface area (Å²) in [4.78, 5) is 15.9. The van der Waals surface area contributed by atoms with E-state index in [0.29, 0.717) is 23.0 Å². The SMILES string of the molecule is Cc1nc(CNC(=O)c2ccccc2NN)no1. The quantitative estimate of drug-likeness (QED) is 0.539. The largest absolute Gasteiger partial charge is 0.345 e. The Morgan fingerprint density at radius 2 is 2.22 bits per heavy atom. The zero-order valence-electron chi connectivity index (χ0n) is 9.80. The standard InChI is InChI=1S/C11H13N5O2/c1-7-14-10(16-18-7)6-13-11(17)8-4-2-3-5-9(8)15-12/h2-5,15H,6,12H2,1H3,(H,13,17). The molecule has 0 saturated carbocycles. The van der Waals surface area contributed by atoms with E-state index in [-0.39, 0.29) is 12.5 Å². The van der Waals surface area contributed by atoms with Gasteiger partial charge in [0, 0.05) is 6.92 Å². The van der Waals surface area contributed by atoms with Gasteiger partial charge in [0.15, 0.2) is 5.82 Å². The molecule has 18 heavy (non-hydrogen) atoms. The number of para-hydroxylation sites is 1. The van der Waals surface area contributed by atoms with E-state index in [9.17, 15) is 4.79 Å². The number of rotatable bonds is 4. The van der Waals surface area contributed by atoms with Crippen LogP contribution in [0.2, 0.25) is 0 Å². The summed E-state index contributed by atoms with van der Waals surface area (Å²) in [7, 11) is 0. The van der Waals surface area contributed by atoms with Crippen molar-refractivity contribution >= 4 is 11.6 Å². The number of hydrazine groups is 1. The Morgan fingerprint density at radius 3 is 2.89 bits per heavy atom. The van der Waals surface area contributed by atoms with Crippen molar-refractivity contribution in [3.63, 3.8) is 0 Å². The van der Waals surface area contributed by atoms with Crippen LogP contribution in [0.15, 0.2) is 28.8 Å². The zero-order valence-corrected chi connectivity index (χ0v) is 9.80. The van der Waals surface area contributed by atoms with Crippen molar-refractivity contribution in [2.45, 2.75) is 13.5 Å². The van der Waals surface area contributed by atoms with Gasteiger partial charge in [-0.1, -0.05) is 17.3 Å². The second kappa shape index (κ2) is 5.28. The van der Waals surface area contributed by atoms with Crippen LogP contribution >= 0.6 is 0 Å². The Bertz CT molecular complexity index is 552. The average Bonchev–Trinajstić information content (AvgIpc) is 2.81. The van der Waals surface area contributed by atoms with Gasteiger partial charge in [0.25, 0.3) is 5.91 Å². The van der Waals surface area contributed by atoms with Gasteiger partial charge in [0.2, 0.25) is 5.89 Å². The van der Waals surface area contributed by atoms with Crippen molar-refractivity contribution in [1.82, 2.24) is 15.5 Å². The fourth-order valence-corrected chi connectivity index (χ4v) is 1.47. The summed E-state index contributed by atoms with van der Waals surface area (Å²) in [5.41, 5.74) is 3.48. The smallest absolute Gasteiger partial charge is 0.253 e. The van der Waals surface area contributed by atoms with Gasteiger partial charge in [-0.3, -0.25) is 10.6 Å². The topological polar surface area (TPSA) is 106 Å². The highest BCUT2D eigenvalue weighted by Crippen LogP contribution is 2.13. The van der Waals surface area contributed by atoms with E-state index >= 15 is 0 Å². The summed E-state index contributed by atoms with van der Waals surface area (Å²) < 4.78 is 4.80. The predicted molar refractivity (Wildman–Crippen MR) is 64.5 cm³/mol. The minimum Gasteiger partial charge on any atom is -0.345 e. The fourth-order valence-electron chi connectivity index (χ4n) is 1.47. The van der Waals surface area contributed by atoms with Crippen LogP contribution in [0.25, 0.3) is 0 Å². The third kappa shape index (κ3) is 2.64. The Kier molecular flexibility index (Phi) is 3.54. The lowest BCUT2D eigenvalue weighted by Crippen LogP contribution is -2.25. The number of aromatic nitrogens is 2. The number of nitrogens with one attached hydrogen (secondary N) is 2. The lowest BCUT2D eigenvalue weighted by Gasteiger charge is -2.07. The van der Waals surface area contributed by atoms with Gasteiger partial charge in [-0.2, -0.15) is 4.98 Å². The van der Waals surface area contributed by atoms with Crippen molar-refractivity contribution in [3.8, 4) is 0 Å². The molecule has 4 N–H and O–H groups in total. The first kappa shape index (κ1) is 12.1. The summed E-state index contributed by atoms with van der Waals surface area (Å²) in [5, 5.41) is 6.37. The molecule has 2 aromatic rings. The zero-order chi connectivity index (χ0) is 13.0. The van der Waals surface area contributed by atoms with Crippen molar-refractivity contribution < 1.29 is 9.32 Å². The molecule has 1 aromatic carbocycles. The number of carbonyl (C=O) groups excluding carboxylic acids is 1. The van der Waals surface area contributed by atoms with Crippen LogP contribution in [-0.2, 0) is 6.54 Å². The highest BCUT2D eigenvalue weighted by atomic mass is 16.5.